The van der Waals surface area contributed by atoms with Gasteiger partial charge in [0.05, 0.1) is 18.0 Å². The second-order valence-corrected chi connectivity index (χ2v) is 3.74. The number of aromatic nitrogens is 2. The predicted octanol–water partition coefficient (Wildman–Crippen LogP) is 0.953. The van der Waals surface area contributed by atoms with Gasteiger partial charge in [0.15, 0.2) is 0 Å². The molecule has 1 aromatic heterocycles. The van der Waals surface area contributed by atoms with Crippen LogP contribution in [0.4, 0.5) is 0 Å². The van der Waals surface area contributed by atoms with Crippen LogP contribution in [0.3, 0.4) is 0 Å². The molecule has 1 aromatic rings. The van der Waals surface area contributed by atoms with Crippen LogP contribution in [0.2, 0.25) is 0 Å². The van der Waals surface area contributed by atoms with Gasteiger partial charge in [-0.25, -0.2) is 5.90 Å². The highest BCUT2D eigenvalue weighted by Gasteiger charge is 2.22. The van der Waals surface area contributed by atoms with Crippen molar-refractivity contribution in [1.82, 2.24) is 9.97 Å². The van der Waals surface area contributed by atoms with Crippen molar-refractivity contribution in [2.24, 2.45) is 5.90 Å². The zero-order valence-corrected chi connectivity index (χ0v) is 8.24. The fourth-order valence-electron chi connectivity index (χ4n) is 1.02. The Hall–Kier alpha value is -1.00. The molecular formula is C9H15N3O. The Morgan fingerprint density at radius 1 is 1.38 bits per heavy atom. The summed E-state index contributed by atoms with van der Waals surface area (Å²) >= 11 is 0. The van der Waals surface area contributed by atoms with Crippen LogP contribution in [0.15, 0.2) is 12.4 Å². The monoisotopic (exact) mass is 181 g/mol. The molecule has 0 atom stereocenters. The molecule has 0 aliphatic carbocycles. The minimum absolute atomic E-state index is 0.185. The van der Waals surface area contributed by atoms with Gasteiger partial charge in [-0.3, -0.25) is 9.97 Å². The van der Waals surface area contributed by atoms with E-state index in [0.717, 1.165) is 11.4 Å². The molecule has 0 unspecified atom stereocenters. The van der Waals surface area contributed by atoms with Crippen molar-refractivity contribution in [3.63, 3.8) is 0 Å². The van der Waals surface area contributed by atoms with Gasteiger partial charge in [-0.15, -0.1) is 0 Å². The van der Waals surface area contributed by atoms with Crippen molar-refractivity contribution in [3.05, 3.63) is 23.8 Å². The molecule has 0 bridgehead atoms. The smallest absolute Gasteiger partial charge is 0.0786 e. The first-order chi connectivity index (χ1) is 6.06. The van der Waals surface area contributed by atoms with E-state index in [-0.39, 0.29) is 5.41 Å². The Kier molecular flexibility index (Phi) is 2.95. The summed E-state index contributed by atoms with van der Waals surface area (Å²) in [7, 11) is 0. The molecule has 0 aliphatic rings. The maximum atomic E-state index is 5.03. The summed E-state index contributed by atoms with van der Waals surface area (Å²) < 4.78 is 0. The van der Waals surface area contributed by atoms with E-state index in [1.54, 1.807) is 12.4 Å². The third-order valence-corrected chi connectivity index (χ3v) is 1.92. The lowest BCUT2D eigenvalue weighted by Gasteiger charge is -2.21. The summed E-state index contributed by atoms with van der Waals surface area (Å²) in [5.41, 5.74) is 1.62. The largest absolute Gasteiger partial charge is 0.304 e. The second-order valence-electron chi connectivity index (χ2n) is 3.74. The van der Waals surface area contributed by atoms with Gasteiger partial charge in [-0.2, -0.15) is 0 Å². The third-order valence-electron chi connectivity index (χ3n) is 1.92. The zero-order valence-electron chi connectivity index (χ0n) is 8.24. The summed E-state index contributed by atoms with van der Waals surface area (Å²) in [5, 5.41) is 0. The first-order valence-corrected chi connectivity index (χ1v) is 4.17. The minimum Gasteiger partial charge on any atom is -0.304 e. The van der Waals surface area contributed by atoms with Gasteiger partial charge in [0.2, 0.25) is 0 Å². The summed E-state index contributed by atoms with van der Waals surface area (Å²) in [6.07, 6.45) is 3.50. The molecule has 0 amide bonds. The summed E-state index contributed by atoms with van der Waals surface area (Å²) in [6.45, 7) is 6.37. The topological polar surface area (TPSA) is 61.0 Å². The quantitative estimate of drug-likeness (QED) is 0.705. The SMILES string of the molecule is Cc1cnc(C(C)(C)CON)cn1. The first kappa shape index (κ1) is 10.1. The van der Waals surface area contributed by atoms with Gasteiger partial charge in [-0.05, 0) is 6.92 Å². The van der Waals surface area contributed by atoms with E-state index in [9.17, 15) is 0 Å². The molecule has 0 aliphatic heterocycles. The average molecular weight is 181 g/mol. The van der Waals surface area contributed by atoms with E-state index in [4.69, 9.17) is 5.90 Å². The van der Waals surface area contributed by atoms with E-state index in [1.807, 2.05) is 20.8 Å². The van der Waals surface area contributed by atoms with E-state index in [1.165, 1.54) is 0 Å². The molecule has 0 saturated carbocycles. The molecule has 13 heavy (non-hydrogen) atoms. The lowest BCUT2D eigenvalue weighted by Crippen LogP contribution is -2.27. The van der Waals surface area contributed by atoms with Crippen LogP contribution in [-0.4, -0.2) is 16.6 Å². The Labute approximate surface area is 78.1 Å². The van der Waals surface area contributed by atoms with Crippen molar-refractivity contribution in [2.75, 3.05) is 6.61 Å². The van der Waals surface area contributed by atoms with Crippen LogP contribution in [0.5, 0.6) is 0 Å². The fraction of sp³-hybridized carbons (Fsp3) is 0.556. The Morgan fingerprint density at radius 2 is 2.08 bits per heavy atom. The van der Waals surface area contributed by atoms with E-state index in [2.05, 4.69) is 14.8 Å². The van der Waals surface area contributed by atoms with Gasteiger partial charge in [0.25, 0.3) is 0 Å². The molecule has 0 fully saturated rings. The molecule has 1 rings (SSSR count). The van der Waals surface area contributed by atoms with Crippen LogP contribution in [-0.2, 0) is 10.3 Å². The predicted molar refractivity (Wildman–Crippen MR) is 49.9 cm³/mol. The summed E-state index contributed by atoms with van der Waals surface area (Å²) in [4.78, 5) is 13.1. The molecule has 4 nitrogen and oxygen atoms in total. The van der Waals surface area contributed by atoms with Gasteiger partial charge >= 0.3 is 0 Å². The van der Waals surface area contributed by atoms with Crippen molar-refractivity contribution in [1.29, 1.82) is 0 Å². The second kappa shape index (κ2) is 3.81. The standard InChI is InChI=1S/C9H15N3O/c1-7-4-12-8(5-11-7)9(2,3)6-13-10/h4-5H,6,10H2,1-3H3. The highest BCUT2D eigenvalue weighted by molar-refractivity contribution is 5.11. The molecule has 4 heteroatoms. The van der Waals surface area contributed by atoms with Crippen molar-refractivity contribution in [3.8, 4) is 0 Å². The summed E-state index contributed by atoms with van der Waals surface area (Å²) in [5.74, 6) is 5.03. The average Bonchev–Trinajstić information content (AvgIpc) is 2.05. The molecule has 0 radical (unpaired) electrons. The van der Waals surface area contributed by atoms with Gasteiger partial charge in [0.1, 0.15) is 0 Å². The van der Waals surface area contributed by atoms with Gasteiger partial charge in [-0.1, -0.05) is 13.8 Å². The molecule has 2 N–H and O–H groups in total. The molecule has 0 aromatic carbocycles. The number of hydrogen-bond acceptors (Lipinski definition) is 4. The molecule has 0 spiro atoms. The van der Waals surface area contributed by atoms with Crippen LogP contribution < -0.4 is 5.90 Å². The molecule has 1 heterocycles. The van der Waals surface area contributed by atoms with Gasteiger partial charge in [0, 0.05) is 17.8 Å². The highest BCUT2D eigenvalue weighted by Crippen LogP contribution is 2.19. The van der Waals surface area contributed by atoms with Crippen LogP contribution in [0.1, 0.15) is 25.2 Å². The number of nitrogens with zero attached hydrogens (tertiary/aromatic N) is 2. The van der Waals surface area contributed by atoms with E-state index in [0.29, 0.717) is 6.61 Å². The van der Waals surface area contributed by atoms with E-state index >= 15 is 0 Å². The van der Waals surface area contributed by atoms with Crippen LogP contribution in [0, 0.1) is 6.92 Å². The number of nitrogens with two attached hydrogens (primary N) is 1. The molecule has 0 saturated heterocycles. The molecule has 72 valence electrons. The fourth-order valence-corrected chi connectivity index (χ4v) is 1.02. The minimum atomic E-state index is -0.185. The first-order valence-electron chi connectivity index (χ1n) is 4.17. The third kappa shape index (κ3) is 2.47. The maximum absolute atomic E-state index is 5.03. The normalized spacial score (nSPS) is 11.7. The van der Waals surface area contributed by atoms with Crippen LogP contribution in [0.25, 0.3) is 0 Å². The van der Waals surface area contributed by atoms with Crippen LogP contribution >= 0.6 is 0 Å². The Bertz CT molecular complexity index is 269. The number of hydrogen-bond donors (Lipinski definition) is 1. The Morgan fingerprint density at radius 3 is 2.54 bits per heavy atom. The van der Waals surface area contributed by atoms with E-state index < -0.39 is 0 Å². The molecular weight excluding hydrogens is 166 g/mol. The number of aryl methyl sites for hydroxylation is 1. The van der Waals surface area contributed by atoms with Crippen molar-refractivity contribution >= 4 is 0 Å². The van der Waals surface area contributed by atoms with Crippen molar-refractivity contribution in [2.45, 2.75) is 26.2 Å². The summed E-state index contributed by atoms with van der Waals surface area (Å²) in [6, 6.07) is 0. The lowest BCUT2D eigenvalue weighted by molar-refractivity contribution is 0.0948. The maximum Gasteiger partial charge on any atom is 0.0786 e. The van der Waals surface area contributed by atoms with Gasteiger partial charge < -0.3 is 4.84 Å². The van der Waals surface area contributed by atoms with Crippen molar-refractivity contribution < 1.29 is 4.84 Å². The zero-order chi connectivity index (χ0) is 9.90. The highest BCUT2D eigenvalue weighted by atomic mass is 16.6. The lowest BCUT2D eigenvalue weighted by atomic mass is 9.91. The Balaban J connectivity index is 2.87. The number of rotatable bonds is 3.